The van der Waals surface area contributed by atoms with E-state index in [9.17, 15) is 9.59 Å². The molecule has 0 radical (unpaired) electrons. The number of rotatable bonds is 3. The van der Waals surface area contributed by atoms with Crippen molar-refractivity contribution >= 4 is 22.9 Å². The third-order valence-corrected chi connectivity index (χ3v) is 5.39. The average molecular weight is 357 g/mol. The number of hydrogen-bond acceptors (Lipinski definition) is 5. The molecule has 1 aliphatic rings. The van der Waals surface area contributed by atoms with E-state index in [4.69, 9.17) is 0 Å². The van der Waals surface area contributed by atoms with E-state index in [0.29, 0.717) is 24.3 Å². The smallest absolute Gasteiger partial charge is 0.272 e. The summed E-state index contributed by atoms with van der Waals surface area (Å²) in [4.78, 5) is 35.9. The molecule has 1 saturated heterocycles. The van der Waals surface area contributed by atoms with E-state index < -0.39 is 0 Å². The van der Waals surface area contributed by atoms with Crippen LogP contribution < -0.4 is 5.56 Å². The minimum atomic E-state index is -0.155. The highest BCUT2D eigenvalue weighted by atomic mass is 32.1. The summed E-state index contributed by atoms with van der Waals surface area (Å²) in [6.45, 7) is 2.63. The lowest BCUT2D eigenvalue weighted by atomic mass is 9.98. The number of amides is 1. The van der Waals surface area contributed by atoms with E-state index in [0.717, 1.165) is 30.0 Å². The van der Waals surface area contributed by atoms with Gasteiger partial charge in [0, 0.05) is 30.3 Å². The number of aryl methyl sites for hydroxylation is 1. The number of likely N-dealkylation sites (tertiary alicyclic amines) is 1. The van der Waals surface area contributed by atoms with Crippen LogP contribution in [0.1, 0.15) is 41.7 Å². The molecule has 4 heterocycles. The number of hydrogen-bond donors (Lipinski definition) is 1. The van der Waals surface area contributed by atoms with Crippen molar-refractivity contribution < 1.29 is 4.79 Å². The third-order valence-electron chi connectivity index (χ3n) is 4.56. The van der Waals surface area contributed by atoms with Crippen LogP contribution in [0.5, 0.6) is 0 Å². The molecule has 0 spiro atoms. The van der Waals surface area contributed by atoms with Crippen LogP contribution in [0.2, 0.25) is 0 Å². The van der Waals surface area contributed by atoms with Crippen molar-refractivity contribution in [1.29, 1.82) is 0 Å². The zero-order valence-corrected chi connectivity index (χ0v) is 14.8. The largest absolute Gasteiger partial charge is 0.334 e. The predicted octanol–water partition coefficient (Wildman–Crippen LogP) is 2.08. The van der Waals surface area contributed by atoms with Gasteiger partial charge in [-0.25, -0.2) is 14.5 Å². The fourth-order valence-electron chi connectivity index (χ4n) is 3.40. The number of aromatic amines is 1. The van der Waals surface area contributed by atoms with Crippen molar-refractivity contribution in [3.63, 3.8) is 0 Å². The van der Waals surface area contributed by atoms with Gasteiger partial charge in [-0.1, -0.05) is 0 Å². The summed E-state index contributed by atoms with van der Waals surface area (Å²) in [6.07, 6.45) is 4.81. The van der Waals surface area contributed by atoms with Gasteiger partial charge in [0.1, 0.15) is 0 Å². The van der Waals surface area contributed by atoms with Crippen LogP contribution in [0, 0.1) is 6.92 Å². The first-order valence-corrected chi connectivity index (χ1v) is 9.27. The van der Waals surface area contributed by atoms with E-state index >= 15 is 0 Å². The predicted molar refractivity (Wildman–Crippen MR) is 94.7 cm³/mol. The minimum Gasteiger partial charge on any atom is -0.334 e. The SMILES string of the molecule is Cc1nc(CC(=O)N2CCCC[C@H]2c2cc(=O)n3[nH]ccc3n2)cs1. The Morgan fingerprint density at radius 3 is 3.08 bits per heavy atom. The summed E-state index contributed by atoms with van der Waals surface area (Å²) < 4.78 is 1.40. The van der Waals surface area contributed by atoms with Crippen LogP contribution in [0.15, 0.2) is 28.5 Å². The van der Waals surface area contributed by atoms with E-state index in [-0.39, 0.29) is 17.5 Å². The van der Waals surface area contributed by atoms with Crippen molar-refractivity contribution in [2.24, 2.45) is 0 Å². The fourth-order valence-corrected chi connectivity index (χ4v) is 4.01. The summed E-state index contributed by atoms with van der Waals surface area (Å²) in [5.74, 6) is 0.0473. The van der Waals surface area contributed by atoms with Crippen molar-refractivity contribution in [3.05, 3.63) is 50.5 Å². The zero-order valence-electron chi connectivity index (χ0n) is 13.9. The molecule has 3 aromatic heterocycles. The molecule has 1 amide bonds. The van der Waals surface area contributed by atoms with Gasteiger partial charge in [-0.2, -0.15) is 0 Å². The van der Waals surface area contributed by atoms with E-state index in [1.165, 1.54) is 10.6 Å². The molecule has 1 fully saturated rings. The Bertz CT molecular complexity index is 973. The highest BCUT2D eigenvalue weighted by molar-refractivity contribution is 7.09. The Morgan fingerprint density at radius 1 is 1.40 bits per heavy atom. The molecule has 8 heteroatoms. The number of piperidine rings is 1. The molecule has 7 nitrogen and oxygen atoms in total. The summed E-state index contributed by atoms with van der Waals surface area (Å²) in [5, 5.41) is 5.74. The van der Waals surface area contributed by atoms with Crippen molar-refractivity contribution in [1.82, 2.24) is 24.5 Å². The van der Waals surface area contributed by atoms with Crippen LogP contribution in [0.3, 0.4) is 0 Å². The molecule has 1 aliphatic heterocycles. The van der Waals surface area contributed by atoms with Gasteiger partial charge in [0.05, 0.1) is 28.9 Å². The summed E-state index contributed by atoms with van der Waals surface area (Å²) in [5.41, 5.74) is 1.91. The minimum absolute atomic E-state index is 0.0473. The molecule has 3 aromatic rings. The second kappa shape index (κ2) is 6.44. The van der Waals surface area contributed by atoms with E-state index in [1.807, 2.05) is 17.2 Å². The molecular weight excluding hydrogens is 338 g/mol. The van der Waals surface area contributed by atoms with Gasteiger partial charge in [-0.05, 0) is 26.2 Å². The number of carbonyl (C=O) groups excluding carboxylic acids is 1. The van der Waals surface area contributed by atoms with E-state index in [2.05, 4.69) is 15.1 Å². The maximum atomic E-state index is 12.8. The van der Waals surface area contributed by atoms with Crippen LogP contribution in [-0.4, -0.2) is 36.9 Å². The number of aromatic nitrogens is 4. The lowest BCUT2D eigenvalue weighted by Gasteiger charge is -2.35. The quantitative estimate of drug-likeness (QED) is 0.778. The first-order valence-electron chi connectivity index (χ1n) is 8.39. The van der Waals surface area contributed by atoms with Gasteiger partial charge in [0.2, 0.25) is 5.91 Å². The van der Waals surface area contributed by atoms with Gasteiger partial charge >= 0.3 is 0 Å². The maximum Gasteiger partial charge on any atom is 0.272 e. The van der Waals surface area contributed by atoms with Crippen LogP contribution in [0.25, 0.3) is 5.65 Å². The number of H-pyrrole nitrogens is 1. The Kier molecular flexibility index (Phi) is 4.12. The third kappa shape index (κ3) is 3.09. The van der Waals surface area contributed by atoms with Crippen LogP contribution in [0.4, 0.5) is 0 Å². The summed E-state index contributed by atoms with van der Waals surface area (Å²) in [6, 6.07) is 3.15. The number of carbonyl (C=O) groups is 1. The second-order valence-corrected chi connectivity index (χ2v) is 7.37. The molecule has 1 N–H and O–H groups in total. The summed E-state index contributed by atoms with van der Waals surface area (Å²) >= 11 is 1.55. The molecular formula is C17H19N5O2S. The number of thiazole rings is 1. The maximum absolute atomic E-state index is 12.8. The second-order valence-electron chi connectivity index (χ2n) is 6.31. The topological polar surface area (TPSA) is 83.4 Å². The lowest BCUT2D eigenvalue weighted by molar-refractivity contribution is -0.134. The van der Waals surface area contributed by atoms with Gasteiger partial charge in [0.15, 0.2) is 5.65 Å². The molecule has 0 unspecified atom stereocenters. The molecule has 4 rings (SSSR count). The van der Waals surface area contributed by atoms with Crippen LogP contribution >= 0.6 is 11.3 Å². The highest BCUT2D eigenvalue weighted by Gasteiger charge is 2.29. The number of nitrogens with zero attached hydrogens (tertiary/aromatic N) is 4. The molecule has 0 bridgehead atoms. The molecule has 130 valence electrons. The monoisotopic (exact) mass is 357 g/mol. The Morgan fingerprint density at radius 2 is 2.28 bits per heavy atom. The first-order chi connectivity index (χ1) is 12.1. The van der Waals surface area contributed by atoms with Gasteiger partial charge in [-0.3, -0.25) is 14.7 Å². The zero-order chi connectivity index (χ0) is 17.4. The van der Waals surface area contributed by atoms with Gasteiger partial charge < -0.3 is 4.90 Å². The first kappa shape index (κ1) is 16.0. The standard InChI is InChI=1S/C17H19N5O2S/c1-11-19-12(10-25-11)8-16(23)21-7-3-2-4-14(21)13-9-17(24)22-15(20-13)5-6-18-22/h5-6,9-10,14,18H,2-4,7-8H2,1H3/t14-/m0/s1. The number of nitrogens with one attached hydrogen (secondary N) is 1. The van der Waals surface area contributed by atoms with Crippen LogP contribution in [-0.2, 0) is 11.2 Å². The van der Waals surface area contributed by atoms with E-state index in [1.54, 1.807) is 23.6 Å². The molecule has 1 atom stereocenters. The fraction of sp³-hybridized carbons (Fsp3) is 0.412. The Balaban J connectivity index is 1.63. The van der Waals surface area contributed by atoms with Gasteiger partial charge in [0.25, 0.3) is 5.56 Å². The molecule has 0 saturated carbocycles. The van der Waals surface area contributed by atoms with Crippen molar-refractivity contribution in [3.8, 4) is 0 Å². The Hall–Kier alpha value is -2.48. The summed E-state index contributed by atoms with van der Waals surface area (Å²) in [7, 11) is 0. The number of fused-ring (bicyclic) bond motifs is 1. The molecule has 0 aromatic carbocycles. The average Bonchev–Trinajstić information content (AvgIpc) is 3.24. The van der Waals surface area contributed by atoms with Gasteiger partial charge in [-0.15, -0.1) is 11.3 Å². The molecule has 0 aliphatic carbocycles. The Labute approximate surface area is 148 Å². The molecule has 25 heavy (non-hydrogen) atoms. The normalized spacial score (nSPS) is 18.0. The highest BCUT2D eigenvalue weighted by Crippen LogP contribution is 2.30. The van der Waals surface area contributed by atoms with Crippen molar-refractivity contribution in [2.75, 3.05) is 6.54 Å². The lowest BCUT2D eigenvalue weighted by Crippen LogP contribution is -2.40. The van der Waals surface area contributed by atoms with Crippen molar-refractivity contribution in [2.45, 2.75) is 38.6 Å².